The summed E-state index contributed by atoms with van der Waals surface area (Å²) in [7, 11) is 0. The number of rotatable bonds is 8. The molecule has 11 aromatic carbocycles. The number of hydrogen-bond donors (Lipinski definition) is 0. The van der Waals surface area contributed by atoms with E-state index < -0.39 is 0 Å². The Kier molecular flexibility index (Phi) is 9.20. The Bertz CT molecular complexity index is 3630. The van der Waals surface area contributed by atoms with Gasteiger partial charge in [0.15, 0.2) is 5.58 Å². The number of anilines is 3. The lowest BCUT2D eigenvalue weighted by molar-refractivity contribution is 0.673. The van der Waals surface area contributed by atoms with Crippen molar-refractivity contribution >= 4 is 60.5 Å². The van der Waals surface area contributed by atoms with Crippen molar-refractivity contribution in [3.63, 3.8) is 0 Å². The Morgan fingerprint density at radius 1 is 0.266 bits per heavy atom. The van der Waals surface area contributed by atoms with Crippen LogP contribution in [0.1, 0.15) is 0 Å². The number of benzene rings is 11. The molecular formula is C62H41NO. The van der Waals surface area contributed by atoms with Crippen LogP contribution in [-0.4, -0.2) is 0 Å². The largest absolute Gasteiger partial charge is 0.453 e. The molecule has 0 saturated heterocycles. The molecular weight excluding hydrogens is 775 g/mol. The predicted molar refractivity (Wildman–Crippen MR) is 271 cm³/mol. The SMILES string of the molecule is c1ccc(-c2ccc(N(c3ccc(-c4cccc(-c5ccccc5)c4)cc3)c3ccc(-c4ccc(-c5ccc6ccccc6c5)cc4)c4c3oc3c5ccccc5ccc34)cc2)cc1. The summed E-state index contributed by atoms with van der Waals surface area (Å²) in [6, 6.07) is 89.5. The van der Waals surface area contributed by atoms with Gasteiger partial charge >= 0.3 is 0 Å². The van der Waals surface area contributed by atoms with Gasteiger partial charge in [-0.25, -0.2) is 0 Å². The average molecular weight is 816 g/mol. The van der Waals surface area contributed by atoms with Gasteiger partial charge in [0.1, 0.15) is 5.58 Å². The third kappa shape index (κ3) is 6.70. The highest BCUT2D eigenvalue weighted by molar-refractivity contribution is 6.22. The molecule has 0 aliphatic rings. The highest BCUT2D eigenvalue weighted by Crippen LogP contribution is 2.47. The first-order valence-electron chi connectivity index (χ1n) is 21.9. The topological polar surface area (TPSA) is 16.4 Å². The Labute approximate surface area is 372 Å². The molecule has 2 heteroatoms. The summed E-state index contributed by atoms with van der Waals surface area (Å²) in [4.78, 5) is 2.35. The number of nitrogens with zero attached hydrogens (tertiary/aromatic N) is 1. The van der Waals surface area contributed by atoms with Crippen LogP contribution in [-0.2, 0) is 0 Å². The molecule has 0 saturated carbocycles. The Balaban J connectivity index is 1.02. The Morgan fingerprint density at radius 2 is 0.734 bits per heavy atom. The number of hydrogen-bond acceptors (Lipinski definition) is 2. The maximum atomic E-state index is 7.22. The second-order valence-electron chi connectivity index (χ2n) is 16.5. The third-order valence-corrected chi connectivity index (χ3v) is 12.7. The average Bonchev–Trinajstić information content (AvgIpc) is 3.78. The lowest BCUT2D eigenvalue weighted by atomic mass is 9.95. The fourth-order valence-electron chi connectivity index (χ4n) is 9.39. The van der Waals surface area contributed by atoms with Gasteiger partial charge in [0.05, 0.1) is 5.69 Å². The molecule has 300 valence electrons. The molecule has 2 nitrogen and oxygen atoms in total. The number of fused-ring (bicyclic) bond motifs is 6. The zero-order valence-corrected chi connectivity index (χ0v) is 35.0. The highest BCUT2D eigenvalue weighted by Gasteiger charge is 2.23. The van der Waals surface area contributed by atoms with Gasteiger partial charge in [0.2, 0.25) is 0 Å². The summed E-state index contributed by atoms with van der Waals surface area (Å²) in [5, 5.41) is 6.92. The van der Waals surface area contributed by atoms with Crippen molar-refractivity contribution < 1.29 is 4.42 Å². The van der Waals surface area contributed by atoms with E-state index in [1.165, 1.54) is 49.7 Å². The maximum absolute atomic E-state index is 7.22. The molecule has 0 N–H and O–H groups in total. The van der Waals surface area contributed by atoms with Crippen molar-refractivity contribution in [1.29, 1.82) is 0 Å². The molecule has 0 atom stereocenters. The van der Waals surface area contributed by atoms with Gasteiger partial charge in [-0.05, 0) is 120 Å². The van der Waals surface area contributed by atoms with Gasteiger partial charge < -0.3 is 9.32 Å². The zero-order chi connectivity index (χ0) is 42.4. The van der Waals surface area contributed by atoms with E-state index >= 15 is 0 Å². The molecule has 0 aliphatic carbocycles. The smallest absolute Gasteiger partial charge is 0.160 e. The van der Waals surface area contributed by atoms with E-state index in [1.807, 2.05) is 0 Å². The van der Waals surface area contributed by atoms with E-state index in [4.69, 9.17) is 4.42 Å². The number of furan rings is 1. The van der Waals surface area contributed by atoms with Crippen LogP contribution in [0.4, 0.5) is 17.1 Å². The summed E-state index contributed by atoms with van der Waals surface area (Å²) in [6.07, 6.45) is 0. The first kappa shape index (κ1) is 37.3. The van der Waals surface area contributed by atoms with Crippen LogP contribution in [0.15, 0.2) is 253 Å². The minimum Gasteiger partial charge on any atom is -0.453 e. The second kappa shape index (κ2) is 15.8. The van der Waals surface area contributed by atoms with Gasteiger partial charge in [0.25, 0.3) is 0 Å². The van der Waals surface area contributed by atoms with E-state index in [0.29, 0.717) is 0 Å². The van der Waals surface area contributed by atoms with E-state index in [0.717, 1.165) is 66.5 Å². The molecule has 12 rings (SSSR count). The van der Waals surface area contributed by atoms with Crippen molar-refractivity contribution in [3.8, 4) is 55.6 Å². The molecule has 1 aromatic heterocycles. The highest BCUT2D eigenvalue weighted by atomic mass is 16.3. The zero-order valence-electron chi connectivity index (χ0n) is 35.0. The monoisotopic (exact) mass is 815 g/mol. The molecule has 0 fully saturated rings. The first-order valence-corrected chi connectivity index (χ1v) is 21.9. The van der Waals surface area contributed by atoms with Crippen molar-refractivity contribution in [2.75, 3.05) is 4.90 Å². The molecule has 1 heterocycles. The molecule has 0 radical (unpaired) electrons. The van der Waals surface area contributed by atoms with Gasteiger partial charge in [-0.1, -0.05) is 200 Å². The lowest BCUT2D eigenvalue weighted by Crippen LogP contribution is -2.10. The fourth-order valence-corrected chi connectivity index (χ4v) is 9.39. The minimum absolute atomic E-state index is 0.842. The van der Waals surface area contributed by atoms with E-state index in [-0.39, 0.29) is 0 Å². The molecule has 12 aromatic rings. The predicted octanol–water partition coefficient (Wildman–Crippen LogP) is 17.7. The van der Waals surface area contributed by atoms with E-state index in [2.05, 4.69) is 254 Å². The van der Waals surface area contributed by atoms with Gasteiger partial charge in [-0.2, -0.15) is 0 Å². The molecule has 0 spiro atoms. The normalized spacial score (nSPS) is 11.4. The van der Waals surface area contributed by atoms with Crippen LogP contribution in [0, 0.1) is 0 Å². The third-order valence-electron chi connectivity index (χ3n) is 12.7. The lowest BCUT2D eigenvalue weighted by Gasteiger charge is -2.26. The summed E-state index contributed by atoms with van der Waals surface area (Å²) in [5.41, 5.74) is 16.5. The molecule has 64 heavy (non-hydrogen) atoms. The van der Waals surface area contributed by atoms with E-state index in [9.17, 15) is 0 Å². The van der Waals surface area contributed by atoms with Crippen LogP contribution in [0.3, 0.4) is 0 Å². The molecule has 0 aliphatic heterocycles. The van der Waals surface area contributed by atoms with Gasteiger partial charge in [0, 0.05) is 27.5 Å². The molecule has 0 unspecified atom stereocenters. The Morgan fingerprint density at radius 3 is 1.41 bits per heavy atom. The standard InChI is InChI=1S/C62H41NO/c1-3-12-42(13-4-1)45-28-33-54(34-29-45)63(55-35-30-47(31-36-55)52-20-11-19-51(40-52)43-14-5-2-6-15-43)59-39-38-56(60-58-37-32-48-17-9-10-21-57(48)61(58)64-62(59)60)49-25-22-46(23-26-49)53-27-24-44-16-7-8-18-50(44)41-53/h1-41H. The minimum atomic E-state index is 0.842. The van der Waals surface area contributed by atoms with E-state index in [1.54, 1.807) is 0 Å². The second-order valence-corrected chi connectivity index (χ2v) is 16.5. The maximum Gasteiger partial charge on any atom is 0.160 e. The first-order chi connectivity index (χ1) is 31.7. The van der Waals surface area contributed by atoms with Crippen LogP contribution >= 0.6 is 0 Å². The van der Waals surface area contributed by atoms with Crippen molar-refractivity contribution in [2.45, 2.75) is 0 Å². The quantitative estimate of drug-likeness (QED) is 0.152. The summed E-state index contributed by atoms with van der Waals surface area (Å²) >= 11 is 0. The fraction of sp³-hybridized carbons (Fsp3) is 0. The summed E-state index contributed by atoms with van der Waals surface area (Å²) < 4.78 is 7.22. The van der Waals surface area contributed by atoms with Crippen molar-refractivity contribution in [2.24, 2.45) is 0 Å². The molecule has 0 bridgehead atoms. The Hall–Kier alpha value is -8.46. The van der Waals surface area contributed by atoms with Crippen LogP contribution < -0.4 is 4.90 Å². The molecule has 0 amide bonds. The van der Waals surface area contributed by atoms with Crippen LogP contribution in [0.2, 0.25) is 0 Å². The van der Waals surface area contributed by atoms with Crippen LogP contribution in [0.5, 0.6) is 0 Å². The van der Waals surface area contributed by atoms with Crippen molar-refractivity contribution in [3.05, 3.63) is 249 Å². The summed E-state index contributed by atoms with van der Waals surface area (Å²) in [6.45, 7) is 0. The van der Waals surface area contributed by atoms with Crippen molar-refractivity contribution in [1.82, 2.24) is 0 Å². The summed E-state index contributed by atoms with van der Waals surface area (Å²) in [5.74, 6) is 0. The van der Waals surface area contributed by atoms with Crippen LogP contribution in [0.25, 0.3) is 99.1 Å². The van der Waals surface area contributed by atoms with Gasteiger partial charge in [-0.3, -0.25) is 0 Å². The van der Waals surface area contributed by atoms with Gasteiger partial charge in [-0.15, -0.1) is 0 Å².